The first-order valence-electron chi connectivity index (χ1n) is 6.51. The Morgan fingerprint density at radius 1 is 1.35 bits per heavy atom. The lowest BCUT2D eigenvalue weighted by atomic mass is 10.1. The number of nitrogens with two attached hydrogens (primary N) is 1. The highest BCUT2D eigenvalue weighted by molar-refractivity contribution is 5.99. The van der Waals surface area contributed by atoms with Gasteiger partial charge in [-0.25, -0.2) is 4.39 Å². The molecule has 1 aromatic carbocycles. The number of carbonyl (C=O) groups is 1. The molecule has 7 nitrogen and oxygen atoms in total. The van der Waals surface area contributed by atoms with E-state index in [-0.39, 0.29) is 28.4 Å². The summed E-state index contributed by atoms with van der Waals surface area (Å²) in [6.07, 6.45) is 0. The molecule has 0 saturated carbocycles. The van der Waals surface area contributed by atoms with Crippen LogP contribution < -0.4 is 20.5 Å². The van der Waals surface area contributed by atoms with Crippen molar-refractivity contribution in [2.45, 2.75) is 0 Å². The number of rotatable bonds is 4. The minimum Gasteiger partial charge on any atom is -0.497 e. The Bertz CT molecular complexity index is 805. The molecule has 1 aromatic heterocycles. The number of benzene rings is 1. The summed E-state index contributed by atoms with van der Waals surface area (Å²) in [6.45, 7) is 0. The highest BCUT2D eigenvalue weighted by Gasteiger charge is 2.16. The van der Waals surface area contributed by atoms with Gasteiger partial charge in [0.15, 0.2) is 17.4 Å². The molecule has 1 heterocycles. The molecular weight excluding hydrogens is 303 g/mol. The zero-order chi connectivity index (χ0) is 17.0. The lowest BCUT2D eigenvalue weighted by molar-refractivity contribution is 0.100. The molecule has 0 aliphatic heterocycles. The monoisotopic (exact) mass is 318 g/mol. The van der Waals surface area contributed by atoms with E-state index < -0.39 is 11.7 Å². The summed E-state index contributed by atoms with van der Waals surface area (Å²) in [7, 11) is 4.38. The summed E-state index contributed by atoms with van der Waals surface area (Å²) in [5.74, 6) is 4.61. The Labute approximate surface area is 132 Å². The first-order valence-corrected chi connectivity index (χ1v) is 6.51. The Morgan fingerprint density at radius 3 is 2.65 bits per heavy atom. The first-order chi connectivity index (χ1) is 11.0. The lowest BCUT2D eigenvalue weighted by Gasteiger charge is -2.06. The molecule has 0 radical (unpaired) electrons. The van der Waals surface area contributed by atoms with Gasteiger partial charge in [0.25, 0.3) is 5.91 Å². The van der Waals surface area contributed by atoms with Crippen molar-refractivity contribution >= 4 is 11.7 Å². The van der Waals surface area contributed by atoms with Gasteiger partial charge in [0, 0.05) is 13.1 Å². The Hall–Kier alpha value is -3.21. The van der Waals surface area contributed by atoms with Gasteiger partial charge in [-0.1, -0.05) is 5.92 Å². The topological polar surface area (TPSA) is 102 Å². The van der Waals surface area contributed by atoms with Crippen LogP contribution in [0.1, 0.15) is 21.6 Å². The van der Waals surface area contributed by atoms with Gasteiger partial charge in [0.2, 0.25) is 0 Å². The molecule has 23 heavy (non-hydrogen) atoms. The second-order valence-electron chi connectivity index (χ2n) is 4.38. The van der Waals surface area contributed by atoms with Crippen LogP contribution in [0.3, 0.4) is 0 Å². The van der Waals surface area contributed by atoms with Gasteiger partial charge < -0.3 is 20.5 Å². The van der Waals surface area contributed by atoms with Crippen LogP contribution in [0.5, 0.6) is 11.5 Å². The summed E-state index contributed by atoms with van der Waals surface area (Å²) in [4.78, 5) is 11.5. The van der Waals surface area contributed by atoms with Crippen molar-refractivity contribution in [3.63, 3.8) is 0 Å². The Morgan fingerprint density at radius 2 is 2.09 bits per heavy atom. The molecule has 0 saturated heterocycles. The normalized spacial score (nSPS) is 9.74. The summed E-state index contributed by atoms with van der Waals surface area (Å²) < 4.78 is 24.2. The largest absolute Gasteiger partial charge is 0.497 e. The van der Waals surface area contributed by atoms with E-state index >= 15 is 0 Å². The van der Waals surface area contributed by atoms with Gasteiger partial charge in [0.05, 0.1) is 19.8 Å². The summed E-state index contributed by atoms with van der Waals surface area (Å²) in [5, 5.41) is 9.18. The van der Waals surface area contributed by atoms with Crippen molar-refractivity contribution in [1.29, 1.82) is 0 Å². The molecule has 0 fully saturated rings. The number of anilines is 1. The van der Waals surface area contributed by atoms with E-state index in [0.29, 0.717) is 5.75 Å². The highest BCUT2D eigenvalue weighted by atomic mass is 19.1. The Kier molecular flexibility index (Phi) is 4.71. The number of carbonyl (C=O) groups excluding carboxylic acids is 1. The zero-order valence-corrected chi connectivity index (χ0v) is 12.8. The van der Waals surface area contributed by atoms with Crippen LogP contribution in [-0.4, -0.2) is 37.4 Å². The summed E-state index contributed by atoms with van der Waals surface area (Å²) in [5.41, 5.74) is 5.65. The minimum atomic E-state index is -0.698. The van der Waals surface area contributed by atoms with Gasteiger partial charge in [0.1, 0.15) is 17.0 Å². The van der Waals surface area contributed by atoms with E-state index in [2.05, 4.69) is 27.4 Å². The number of nitrogens with one attached hydrogen (secondary N) is 2. The van der Waals surface area contributed by atoms with Gasteiger partial charge >= 0.3 is 0 Å². The number of aromatic amines is 1. The number of halogens is 1. The quantitative estimate of drug-likeness (QED) is 0.733. The molecule has 0 unspecified atom stereocenters. The van der Waals surface area contributed by atoms with Crippen LogP contribution in [0, 0.1) is 17.7 Å². The van der Waals surface area contributed by atoms with Crippen LogP contribution in [-0.2, 0) is 0 Å². The molecule has 0 aliphatic carbocycles. The molecule has 1 amide bonds. The predicted octanol–water partition coefficient (Wildman–Crippen LogP) is 1.11. The molecule has 0 bridgehead atoms. The lowest BCUT2D eigenvalue weighted by Crippen LogP contribution is -2.13. The maximum Gasteiger partial charge on any atom is 0.255 e. The number of methoxy groups -OCH3 is 2. The maximum absolute atomic E-state index is 14.2. The molecule has 0 atom stereocenters. The van der Waals surface area contributed by atoms with Gasteiger partial charge in [-0.2, -0.15) is 5.10 Å². The number of H-pyrrole nitrogens is 1. The third kappa shape index (κ3) is 3.18. The maximum atomic E-state index is 14.2. The molecule has 0 aliphatic rings. The zero-order valence-electron chi connectivity index (χ0n) is 12.8. The van der Waals surface area contributed by atoms with E-state index in [0.717, 1.165) is 0 Å². The van der Waals surface area contributed by atoms with Gasteiger partial charge in [-0.05, 0) is 12.0 Å². The average Bonchev–Trinajstić information content (AvgIpc) is 2.97. The molecular formula is C15H15FN4O3. The van der Waals surface area contributed by atoms with Crippen LogP contribution in [0.15, 0.2) is 12.1 Å². The first kappa shape index (κ1) is 16.2. The molecule has 120 valence electrons. The molecule has 2 aromatic rings. The molecule has 2 rings (SSSR count). The predicted molar refractivity (Wildman–Crippen MR) is 82.1 cm³/mol. The summed E-state index contributed by atoms with van der Waals surface area (Å²) in [6, 6.07) is 2.83. The van der Waals surface area contributed by atoms with E-state index in [1.54, 1.807) is 7.05 Å². The minimum absolute atomic E-state index is 0.00398. The van der Waals surface area contributed by atoms with Gasteiger partial charge in [-0.3, -0.25) is 9.89 Å². The van der Waals surface area contributed by atoms with Crippen molar-refractivity contribution in [1.82, 2.24) is 10.2 Å². The Balaban J connectivity index is 2.51. The highest BCUT2D eigenvalue weighted by Crippen LogP contribution is 2.26. The standard InChI is InChI=1S/C15H15FN4O3/c1-18-15-12(14(17)21)10(19-20-15)5-4-8-6-9(22-2)7-11(23-3)13(8)16/h6-7H,1-3H3,(H2,17,21)(H2,18,19,20). The van der Waals surface area contributed by atoms with Crippen LogP contribution in [0.4, 0.5) is 10.2 Å². The number of nitrogens with zero attached hydrogens (tertiary/aromatic N) is 1. The number of primary amides is 1. The van der Waals surface area contributed by atoms with Crippen molar-refractivity contribution in [2.24, 2.45) is 5.73 Å². The van der Waals surface area contributed by atoms with Crippen molar-refractivity contribution in [3.05, 3.63) is 34.8 Å². The van der Waals surface area contributed by atoms with E-state index in [4.69, 9.17) is 15.2 Å². The molecule has 4 N–H and O–H groups in total. The number of hydrogen-bond acceptors (Lipinski definition) is 5. The van der Waals surface area contributed by atoms with Crippen LogP contribution in [0.2, 0.25) is 0 Å². The number of hydrogen-bond donors (Lipinski definition) is 3. The van der Waals surface area contributed by atoms with Crippen molar-refractivity contribution in [3.8, 4) is 23.3 Å². The van der Waals surface area contributed by atoms with Crippen molar-refractivity contribution in [2.75, 3.05) is 26.6 Å². The fourth-order valence-corrected chi connectivity index (χ4v) is 1.91. The van der Waals surface area contributed by atoms with Crippen LogP contribution in [0.25, 0.3) is 0 Å². The summed E-state index contributed by atoms with van der Waals surface area (Å²) >= 11 is 0. The number of ether oxygens (including phenoxy) is 2. The SMILES string of the molecule is CNc1n[nH]c(C#Cc2cc(OC)cc(OC)c2F)c1C(N)=O. The smallest absolute Gasteiger partial charge is 0.255 e. The van der Waals surface area contributed by atoms with Gasteiger partial charge in [-0.15, -0.1) is 0 Å². The van der Waals surface area contributed by atoms with E-state index in [9.17, 15) is 9.18 Å². The third-order valence-electron chi connectivity index (χ3n) is 3.04. The van der Waals surface area contributed by atoms with Crippen LogP contribution >= 0.6 is 0 Å². The average molecular weight is 318 g/mol. The van der Waals surface area contributed by atoms with E-state index in [1.165, 1.54) is 26.4 Å². The molecule has 0 spiro atoms. The fraction of sp³-hybridized carbons (Fsp3) is 0.200. The fourth-order valence-electron chi connectivity index (χ4n) is 1.91. The number of amides is 1. The third-order valence-corrected chi connectivity index (χ3v) is 3.04. The van der Waals surface area contributed by atoms with Crippen molar-refractivity contribution < 1.29 is 18.7 Å². The molecule has 8 heteroatoms. The van der Waals surface area contributed by atoms with E-state index in [1.807, 2.05) is 0 Å². The number of aromatic nitrogens is 2. The second-order valence-corrected chi connectivity index (χ2v) is 4.38. The second kappa shape index (κ2) is 6.70.